The van der Waals surface area contributed by atoms with Gasteiger partial charge in [0.1, 0.15) is 0 Å². The van der Waals surface area contributed by atoms with Gasteiger partial charge in [0.25, 0.3) is 0 Å². The Hall–Kier alpha value is -1.46. The van der Waals surface area contributed by atoms with Crippen LogP contribution in [0.3, 0.4) is 0 Å². The van der Waals surface area contributed by atoms with Gasteiger partial charge in [-0.25, -0.2) is 22.7 Å². The first-order valence-electron chi connectivity index (χ1n) is 13.8. The minimum Gasteiger partial charge on any atom is -0.381 e. The van der Waals surface area contributed by atoms with Crippen molar-refractivity contribution in [3.05, 3.63) is 18.0 Å². The molecule has 2 aliphatic heterocycles. The van der Waals surface area contributed by atoms with E-state index in [4.69, 9.17) is 4.74 Å². The van der Waals surface area contributed by atoms with Crippen molar-refractivity contribution in [1.82, 2.24) is 14.3 Å². The molecular weight excluding hydrogens is 505 g/mol. The van der Waals surface area contributed by atoms with Crippen LogP contribution in [0, 0.1) is 23.7 Å². The van der Waals surface area contributed by atoms with Crippen molar-refractivity contribution in [2.24, 2.45) is 23.7 Å². The van der Waals surface area contributed by atoms with E-state index in [-0.39, 0.29) is 19.0 Å². The summed E-state index contributed by atoms with van der Waals surface area (Å²) in [7, 11) is -3.85. The molecule has 1 aromatic heterocycles. The van der Waals surface area contributed by atoms with Gasteiger partial charge in [0.15, 0.2) is 0 Å². The lowest BCUT2D eigenvalue weighted by Crippen LogP contribution is -2.43. The van der Waals surface area contributed by atoms with E-state index < -0.39 is 28.4 Å². The largest absolute Gasteiger partial charge is 0.390 e. The van der Waals surface area contributed by atoms with E-state index in [1.165, 1.54) is 22.7 Å². The van der Waals surface area contributed by atoms with Crippen LogP contribution < -0.4 is 4.90 Å². The van der Waals surface area contributed by atoms with E-state index in [0.29, 0.717) is 37.2 Å². The summed E-state index contributed by atoms with van der Waals surface area (Å²) < 4.78 is 68.9. The Labute approximate surface area is 219 Å². The lowest BCUT2D eigenvalue weighted by Gasteiger charge is -2.45. The number of ether oxygens (including phenoxy) is 1. The van der Waals surface area contributed by atoms with Gasteiger partial charge in [-0.2, -0.15) is 13.2 Å². The molecule has 3 fully saturated rings. The molecule has 4 rings (SSSR count). The van der Waals surface area contributed by atoms with Crippen molar-refractivity contribution in [2.45, 2.75) is 70.9 Å². The number of aryl methyl sites for hydroxylation is 1. The van der Waals surface area contributed by atoms with Gasteiger partial charge >= 0.3 is 6.18 Å². The summed E-state index contributed by atoms with van der Waals surface area (Å²) in [5.41, 5.74) is 1.19. The Bertz CT molecular complexity index is 945. The summed E-state index contributed by atoms with van der Waals surface area (Å²) in [6, 6.07) is 0. The number of piperidine rings is 2. The number of aromatic nitrogens is 2. The average Bonchev–Trinajstić information content (AvgIpc) is 2.86. The first-order valence-corrected chi connectivity index (χ1v) is 15.4. The molecule has 1 saturated carbocycles. The minimum absolute atomic E-state index is 0.263. The van der Waals surface area contributed by atoms with Crippen molar-refractivity contribution >= 4 is 16.0 Å². The second-order valence-electron chi connectivity index (χ2n) is 11.0. The molecule has 3 heterocycles. The molecule has 11 heteroatoms. The van der Waals surface area contributed by atoms with Gasteiger partial charge in [0.05, 0.1) is 12.2 Å². The average molecular weight is 547 g/mol. The van der Waals surface area contributed by atoms with Gasteiger partial charge in [-0.3, -0.25) is 0 Å². The SMILES string of the molecule is CCCc1cnc(N2CCC(C3CCC3COCC3CCN(S(=O)(=O)CCC(F)(F)F)CC3)CC2)nc1. The maximum atomic E-state index is 12.4. The van der Waals surface area contributed by atoms with Gasteiger partial charge in [0.2, 0.25) is 16.0 Å². The van der Waals surface area contributed by atoms with Gasteiger partial charge in [-0.1, -0.05) is 13.3 Å². The lowest BCUT2D eigenvalue weighted by molar-refractivity contribution is -0.130. The topological polar surface area (TPSA) is 75.6 Å². The number of halogens is 3. The number of rotatable bonds is 11. The smallest absolute Gasteiger partial charge is 0.381 e. The molecule has 0 amide bonds. The third kappa shape index (κ3) is 8.02. The van der Waals surface area contributed by atoms with E-state index in [2.05, 4.69) is 21.8 Å². The highest BCUT2D eigenvalue weighted by Gasteiger charge is 2.39. The highest BCUT2D eigenvalue weighted by atomic mass is 32.2. The molecule has 37 heavy (non-hydrogen) atoms. The van der Waals surface area contributed by atoms with Crippen molar-refractivity contribution in [3.63, 3.8) is 0 Å². The normalized spacial score (nSPS) is 24.8. The monoisotopic (exact) mass is 546 g/mol. The molecular formula is C26H41F3N4O3S. The molecule has 1 aliphatic carbocycles. The van der Waals surface area contributed by atoms with Crippen LogP contribution in [0.1, 0.15) is 63.9 Å². The molecule has 0 spiro atoms. The molecule has 7 nitrogen and oxygen atoms in total. The summed E-state index contributed by atoms with van der Waals surface area (Å²) in [6.07, 6.45) is 6.31. The maximum Gasteiger partial charge on any atom is 0.390 e. The van der Waals surface area contributed by atoms with Crippen molar-refractivity contribution in [2.75, 3.05) is 50.0 Å². The third-order valence-corrected chi connectivity index (χ3v) is 10.3. The highest BCUT2D eigenvalue weighted by molar-refractivity contribution is 7.89. The Morgan fingerprint density at radius 2 is 1.65 bits per heavy atom. The van der Waals surface area contributed by atoms with E-state index >= 15 is 0 Å². The highest BCUT2D eigenvalue weighted by Crippen LogP contribution is 2.44. The Morgan fingerprint density at radius 3 is 2.22 bits per heavy atom. The number of sulfonamides is 1. The van der Waals surface area contributed by atoms with E-state index in [1.54, 1.807) is 0 Å². The maximum absolute atomic E-state index is 12.4. The molecule has 2 saturated heterocycles. The number of hydrogen-bond acceptors (Lipinski definition) is 6. The quantitative estimate of drug-likeness (QED) is 0.401. The first-order chi connectivity index (χ1) is 17.6. The van der Waals surface area contributed by atoms with Crippen LogP contribution in [-0.4, -0.2) is 74.0 Å². The molecule has 0 aromatic carbocycles. The Balaban J connectivity index is 1.12. The van der Waals surface area contributed by atoms with Crippen LogP contribution in [-0.2, 0) is 21.2 Å². The fourth-order valence-electron chi connectivity index (χ4n) is 5.99. The number of alkyl halides is 3. The molecule has 3 aliphatic rings. The van der Waals surface area contributed by atoms with Crippen LogP contribution in [0.25, 0.3) is 0 Å². The molecule has 210 valence electrons. The third-order valence-electron chi connectivity index (χ3n) is 8.43. The Kier molecular flexibility index (Phi) is 9.72. The lowest BCUT2D eigenvalue weighted by atomic mass is 9.65. The second kappa shape index (κ2) is 12.6. The predicted octanol–water partition coefficient (Wildman–Crippen LogP) is 4.68. The zero-order chi connectivity index (χ0) is 26.5. The van der Waals surface area contributed by atoms with Crippen LogP contribution in [0.15, 0.2) is 12.4 Å². The molecule has 0 radical (unpaired) electrons. The number of nitrogens with zero attached hydrogens (tertiary/aromatic N) is 4. The zero-order valence-corrected chi connectivity index (χ0v) is 22.7. The molecule has 2 unspecified atom stereocenters. The van der Waals surface area contributed by atoms with Crippen LogP contribution in [0.4, 0.5) is 19.1 Å². The van der Waals surface area contributed by atoms with Crippen molar-refractivity contribution in [1.29, 1.82) is 0 Å². The summed E-state index contributed by atoms with van der Waals surface area (Å²) in [5, 5.41) is 0. The molecule has 0 bridgehead atoms. The summed E-state index contributed by atoms with van der Waals surface area (Å²) in [5.74, 6) is 2.24. The molecule has 1 aromatic rings. The van der Waals surface area contributed by atoms with Gasteiger partial charge < -0.3 is 9.64 Å². The second-order valence-corrected chi connectivity index (χ2v) is 13.1. The van der Waals surface area contributed by atoms with Crippen LogP contribution in [0.2, 0.25) is 0 Å². The summed E-state index contributed by atoms with van der Waals surface area (Å²) in [4.78, 5) is 11.4. The van der Waals surface area contributed by atoms with Crippen LogP contribution >= 0.6 is 0 Å². The predicted molar refractivity (Wildman–Crippen MR) is 137 cm³/mol. The van der Waals surface area contributed by atoms with E-state index in [9.17, 15) is 21.6 Å². The summed E-state index contributed by atoms with van der Waals surface area (Å²) in [6.45, 7) is 6.05. The fraction of sp³-hybridized carbons (Fsp3) is 0.846. The van der Waals surface area contributed by atoms with Crippen molar-refractivity contribution in [3.8, 4) is 0 Å². The van der Waals surface area contributed by atoms with Crippen LogP contribution in [0.5, 0.6) is 0 Å². The zero-order valence-electron chi connectivity index (χ0n) is 21.8. The number of hydrogen-bond donors (Lipinski definition) is 0. The summed E-state index contributed by atoms with van der Waals surface area (Å²) >= 11 is 0. The van der Waals surface area contributed by atoms with Gasteiger partial charge in [-0.05, 0) is 74.2 Å². The fourth-order valence-corrected chi connectivity index (χ4v) is 7.51. The van der Waals surface area contributed by atoms with Crippen molar-refractivity contribution < 1.29 is 26.3 Å². The molecule has 2 atom stereocenters. The minimum atomic E-state index is -4.45. The Morgan fingerprint density at radius 1 is 0.973 bits per heavy atom. The van der Waals surface area contributed by atoms with Gasteiger partial charge in [-0.15, -0.1) is 0 Å². The molecule has 0 N–H and O–H groups in total. The van der Waals surface area contributed by atoms with E-state index in [0.717, 1.165) is 51.3 Å². The van der Waals surface area contributed by atoms with E-state index in [1.807, 2.05) is 12.4 Å². The number of anilines is 1. The standard InChI is InChI=1S/C26H41F3N4O3S/c1-2-3-21-16-30-25(31-17-21)32-11-8-22(9-12-32)24-5-4-23(24)19-36-18-20-6-13-33(14-7-20)37(34,35)15-10-26(27,28)29/h16-17,20,22-24H,2-15,18-19H2,1H3. The van der Waals surface area contributed by atoms with Gasteiger partial charge in [0, 0.05) is 51.8 Å². The first kappa shape index (κ1) is 28.5.